The Labute approximate surface area is 175 Å². The van der Waals surface area contributed by atoms with E-state index in [1.54, 1.807) is 24.3 Å². The molecule has 1 saturated heterocycles. The third-order valence-corrected chi connectivity index (χ3v) is 5.06. The number of nitrogens with two attached hydrogens (primary N) is 1. The normalized spacial score (nSPS) is 13.6. The lowest BCUT2D eigenvalue weighted by Crippen LogP contribution is -2.29. The van der Waals surface area contributed by atoms with E-state index in [1.807, 2.05) is 13.8 Å². The van der Waals surface area contributed by atoms with Gasteiger partial charge in [-0.2, -0.15) is 0 Å². The van der Waals surface area contributed by atoms with Crippen LogP contribution in [0.2, 0.25) is 0 Å². The summed E-state index contributed by atoms with van der Waals surface area (Å²) in [6, 6.07) is 4.81. The number of nitrogens with one attached hydrogen (secondary N) is 1. The molecule has 0 aliphatic carbocycles. The highest BCUT2D eigenvalue weighted by Crippen LogP contribution is 2.24. The van der Waals surface area contributed by atoms with Crippen LogP contribution < -0.4 is 16.0 Å². The molecule has 4 N–H and O–H groups in total. The third kappa shape index (κ3) is 4.65. The Morgan fingerprint density at radius 3 is 2.60 bits per heavy atom. The van der Waals surface area contributed by atoms with Crippen LogP contribution in [-0.4, -0.2) is 40.0 Å². The lowest BCUT2D eigenvalue weighted by molar-refractivity contribution is 0.0962. The number of allylic oxidation sites excluding steroid dienone is 1. The van der Waals surface area contributed by atoms with Gasteiger partial charge in [0.15, 0.2) is 5.69 Å². The van der Waals surface area contributed by atoms with E-state index in [4.69, 9.17) is 5.73 Å². The number of nitrogens with zero attached hydrogens (tertiary/aromatic N) is 3. The zero-order chi connectivity index (χ0) is 21.8. The maximum absolute atomic E-state index is 12.9. The monoisotopic (exact) mass is 407 g/mol. The number of anilines is 1. The van der Waals surface area contributed by atoms with Crippen LogP contribution in [-0.2, 0) is 0 Å². The molecule has 2 aromatic heterocycles. The first-order valence-corrected chi connectivity index (χ1v) is 9.67. The second-order valence-corrected chi connectivity index (χ2v) is 7.24. The highest BCUT2D eigenvalue weighted by atomic mass is 16.3. The third-order valence-electron chi connectivity index (χ3n) is 5.06. The number of aromatic nitrogens is 2. The van der Waals surface area contributed by atoms with Crippen LogP contribution in [0.5, 0.6) is 5.88 Å². The molecular formula is C22H25N5O3. The standard InChI is InChI=1S/C22H25N5O3/c1-13-12-19(28)25-16(15(13)3)7-6-14(2)24-22(30)20-18(27-10-4-5-11-27)9-8-17(26-20)21(23)29/h6-9,12H,2,4-5,10-11H2,1,3H3,(H2,23,29)(H,24,30)(H,25,28)/b7-6-. The Balaban J connectivity index is 1.82. The predicted octanol–water partition coefficient (Wildman–Crippen LogP) is 2.46. The Bertz CT molecular complexity index is 1040. The molecule has 0 radical (unpaired) electrons. The van der Waals surface area contributed by atoms with Gasteiger partial charge in [-0.1, -0.05) is 6.58 Å². The topological polar surface area (TPSA) is 121 Å². The van der Waals surface area contributed by atoms with E-state index >= 15 is 0 Å². The number of aryl methyl sites for hydroxylation is 1. The van der Waals surface area contributed by atoms with Gasteiger partial charge in [0.1, 0.15) is 5.69 Å². The molecule has 30 heavy (non-hydrogen) atoms. The zero-order valence-corrected chi connectivity index (χ0v) is 17.1. The fourth-order valence-corrected chi connectivity index (χ4v) is 3.30. The van der Waals surface area contributed by atoms with Crippen molar-refractivity contribution in [2.24, 2.45) is 5.73 Å². The maximum Gasteiger partial charge on any atom is 0.276 e. The number of hydrogen-bond acceptors (Lipinski definition) is 6. The van der Waals surface area contributed by atoms with E-state index in [-0.39, 0.29) is 17.3 Å². The smallest absolute Gasteiger partial charge is 0.276 e. The van der Waals surface area contributed by atoms with Crippen molar-refractivity contribution in [3.63, 3.8) is 0 Å². The molecule has 0 unspecified atom stereocenters. The van der Waals surface area contributed by atoms with E-state index in [1.165, 1.54) is 6.07 Å². The number of carbonyl (C=O) groups is 2. The Hall–Kier alpha value is -3.68. The molecule has 3 heterocycles. The van der Waals surface area contributed by atoms with Gasteiger partial charge >= 0.3 is 0 Å². The summed E-state index contributed by atoms with van der Waals surface area (Å²) in [6.07, 6.45) is 5.33. The largest absolute Gasteiger partial charge is 0.493 e. The van der Waals surface area contributed by atoms with E-state index in [0.29, 0.717) is 17.1 Å². The highest BCUT2D eigenvalue weighted by molar-refractivity contribution is 6.01. The van der Waals surface area contributed by atoms with Crippen LogP contribution in [0.3, 0.4) is 0 Å². The summed E-state index contributed by atoms with van der Waals surface area (Å²) in [7, 11) is 0. The molecule has 156 valence electrons. The summed E-state index contributed by atoms with van der Waals surface area (Å²) in [4.78, 5) is 34.8. The number of aromatic hydroxyl groups is 1. The van der Waals surface area contributed by atoms with Gasteiger partial charge in [-0.15, -0.1) is 0 Å². The fourth-order valence-electron chi connectivity index (χ4n) is 3.30. The van der Waals surface area contributed by atoms with Gasteiger partial charge in [-0.3, -0.25) is 9.59 Å². The fraction of sp³-hybridized carbons (Fsp3) is 0.273. The number of hydrogen-bond donors (Lipinski definition) is 3. The molecule has 0 spiro atoms. The molecule has 8 heteroatoms. The van der Waals surface area contributed by atoms with E-state index < -0.39 is 11.8 Å². The molecule has 2 amide bonds. The average molecular weight is 407 g/mol. The van der Waals surface area contributed by atoms with Gasteiger partial charge in [0.25, 0.3) is 11.8 Å². The van der Waals surface area contributed by atoms with Crippen molar-refractivity contribution in [2.75, 3.05) is 18.0 Å². The molecule has 2 aromatic rings. The molecule has 1 aliphatic heterocycles. The summed E-state index contributed by atoms with van der Waals surface area (Å²) in [5.74, 6) is -1.25. The van der Waals surface area contributed by atoms with Crippen molar-refractivity contribution in [3.05, 3.63) is 64.8 Å². The van der Waals surface area contributed by atoms with Crippen molar-refractivity contribution < 1.29 is 14.7 Å². The van der Waals surface area contributed by atoms with Crippen molar-refractivity contribution >= 4 is 23.6 Å². The lowest BCUT2D eigenvalue weighted by Gasteiger charge is -2.20. The summed E-state index contributed by atoms with van der Waals surface area (Å²) in [6.45, 7) is 9.26. The van der Waals surface area contributed by atoms with Crippen molar-refractivity contribution in [1.82, 2.24) is 15.3 Å². The van der Waals surface area contributed by atoms with Crippen LogP contribution in [0.4, 0.5) is 5.69 Å². The molecule has 1 fully saturated rings. The van der Waals surface area contributed by atoms with Crippen molar-refractivity contribution in [3.8, 4) is 5.88 Å². The van der Waals surface area contributed by atoms with E-state index in [9.17, 15) is 14.7 Å². The number of pyridine rings is 2. The van der Waals surface area contributed by atoms with Gasteiger partial charge in [0.2, 0.25) is 5.88 Å². The minimum absolute atomic E-state index is 0.0271. The number of amides is 2. The molecule has 8 nitrogen and oxygen atoms in total. The lowest BCUT2D eigenvalue weighted by atomic mass is 10.1. The summed E-state index contributed by atoms with van der Waals surface area (Å²) < 4.78 is 0. The maximum atomic E-state index is 12.9. The molecule has 1 aliphatic rings. The van der Waals surface area contributed by atoms with Crippen LogP contribution in [0, 0.1) is 13.8 Å². The number of carbonyl (C=O) groups excluding carboxylic acids is 2. The van der Waals surface area contributed by atoms with Crippen molar-refractivity contribution in [2.45, 2.75) is 26.7 Å². The highest BCUT2D eigenvalue weighted by Gasteiger charge is 2.22. The van der Waals surface area contributed by atoms with Crippen LogP contribution >= 0.6 is 0 Å². The molecule has 0 bridgehead atoms. The van der Waals surface area contributed by atoms with Crippen LogP contribution in [0.1, 0.15) is 50.6 Å². The van der Waals surface area contributed by atoms with Gasteiger partial charge < -0.3 is 21.1 Å². The minimum atomic E-state index is -0.698. The Morgan fingerprint density at radius 1 is 1.23 bits per heavy atom. The summed E-state index contributed by atoms with van der Waals surface area (Å²) >= 11 is 0. The molecule has 0 aromatic carbocycles. The van der Waals surface area contributed by atoms with Gasteiger partial charge in [-0.05, 0) is 62.1 Å². The van der Waals surface area contributed by atoms with E-state index in [2.05, 4.69) is 26.8 Å². The predicted molar refractivity (Wildman–Crippen MR) is 115 cm³/mol. The SMILES string of the molecule is C=C(/C=C\c1nc(O)cc(C)c1C)NC(=O)c1nc(C(N)=O)ccc1N1CCCC1. The average Bonchev–Trinajstić information content (AvgIpc) is 3.23. The quantitative estimate of drug-likeness (QED) is 0.633. The first-order chi connectivity index (χ1) is 14.3. The summed E-state index contributed by atoms with van der Waals surface area (Å²) in [5, 5.41) is 12.4. The minimum Gasteiger partial charge on any atom is -0.493 e. The molecular weight excluding hydrogens is 382 g/mol. The van der Waals surface area contributed by atoms with Gasteiger partial charge in [0, 0.05) is 24.9 Å². The van der Waals surface area contributed by atoms with E-state index in [0.717, 1.165) is 37.1 Å². The second kappa shape index (κ2) is 8.77. The first-order valence-electron chi connectivity index (χ1n) is 9.67. The second-order valence-electron chi connectivity index (χ2n) is 7.24. The Morgan fingerprint density at radius 2 is 1.93 bits per heavy atom. The van der Waals surface area contributed by atoms with Crippen LogP contribution in [0.15, 0.2) is 36.6 Å². The zero-order valence-electron chi connectivity index (χ0n) is 17.1. The molecule has 0 atom stereocenters. The Kier molecular flexibility index (Phi) is 6.15. The first kappa shape index (κ1) is 21.0. The van der Waals surface area contributed by atoms with Crippen LogP contribution in [0.25, 0.3) is 6.08 Å². The number of rotatable bonds is 6. The van der Waals surface area contributed by atoms with Gasteiger partial charge in [-0.25, -0.2) is 9.97 Å². The number of primary amides is 1. The summed E-state index contributed by atoms with van der Waals surface area (Å²) in [5.41, 5.74) is 8.87. The van der Waals surface area contributed by atoms with Crippen molar-refractivity contribution in [1.29, 1.82) is 0 Å². The van der Waals surface area contributed by atoms with Gasteiger partial charge in [0.05, 0.1) is 11.4 Å². The molecule has 3 rings (SSSR count). The molecule has 0 saturated carbocycles.